The van der Waals surface area contributed by atoms with Crippen LogP contribution in [-0.4, -0.2) is 48.8 Å². The van der Waals surface area contributed by atoms with Crippen LogP contribution < -0.4 is 10.2 Å². The predicted molar refractivity (Wildman–Crippen MR) is 89.0 cm³/mol. The summed E-state index contributed by atoms with van der Waals surface area (Å²) in [7, 11) is 1.74. The van der Waals surface area contributed by atoms with E-state index in [4.69, 9.17) is 0 Å². The molecule has 0 bridgehead atoms. The third kappa shape index (κ3) is 4.82. The molecule has 1 heterocycles. The van der Waals surface area contributed by atoms with E-state index in [-0.39, 0.29) is 18.0 Å². The second-order valence-corrected chi connectivity index (χ2v) is 6.08. The largest absolute Gasteiger partial charge is 0.393 e. The van der Waals surface area contributed by atoms with Crippen molar-refractivity contribution in [1.29, 1.82) is 0 Å². The molecule has 1 fully saturated rings. The molecule has 0 radical (unpaired) electrons. The molecule has 1 aliphatic heterocycles. The molecule has 0 atom stereocenters. The van der Waals surface area contributed by atoms with Gasteiger partial charge in [0.1, 0.15) is 5.82 Å². The number of piperidine rings is 1. The maximum atomic E-state index is 14.3. The Labute approximate surface area is 137 Å². The monoisotopic (exact) mass is 323 g/mol. The molecular formula is C17H26FN3O2. The van der Waals surface area contributed by atoms with Crippen molar-refractivity contribution in [3.05, 3.63) is 29.6 Å². The Morgan fingerprint density at radius 2 is 2.13 bits per heavy atom. The minimum Gasteiger partial charge on any atom is -0.393 e. The predicted octanol–water partition coefficient (Wildman–Crippen LogP) is 2.34. The average Bonchev–Trinajstić information content (AvgIpc) is 2.54. The van der Waals surface area contributed by atoms with Crippen LogP contribution in [0.2, 0.25) is 0 Å². The molecule has 1 aliphatic rings. The highest BCUT2D eigenvalue weighted by Crippen LogP contribution is 2.24. The molecule has 0 unspecified atom stereocenters. The number of aliphatic hydroxyl groups excluding tert-OH is 1. The topological polar surface area (TPSA) is 55.8 Å². The highest BCUT2D eigenvalue weighted by atomic mass is 19.1. The van der Waals surface area contributed by atoms with Crippen LogP contribution in [0, 0.1) is 5.82 Å². The Balaban J connectivity index is 1.93. The van der Waals surface area contributed by atoms with Crippen molar-refractivity contribution >= 4 is 11.7 Å². The molecule has 0 aromatic heterocycles. The van der Waals surface area contributed by atoms with Crippen LogP contribution in [0.5, 0.6) is 0 Å². The number of carbonyl (C=O) groups is 1. The van der Waals surface area contributed by atoms with Crippen LogP contribution in [-0.2, 0) is 6.54 Å². The van der Waals surface area contributed by atoms with Crippen LogP contribution in [0.25, 0.3) is 0 Å². The van der Waals surface area contributed by atoms with Crippen molar-refractivity contribution in [2.45, 2.75) is 38.8 Å². The lowest BCUT2D eigenvalue weighted by Gasteiger charge is -2.31. The summed E-state index contributed by atoms with van der Waals surface area (Å²) in [5, 5.41) is 12.3. The van der Waals surface area contributed by atoms with Gasteiger partial charge in [0.15, 0.2) is 0 Å². The van der Waals surface area contributed by atoms with E-state index < -0.39 is 0 Å². The van der Waals surface area contributed by atoms with Crippen molar-refractivity contribution in [2.75, 3.05) is 31.6 Å². The molecule has 23 heavy (non-hydrogen) atoms. The third-order valence-corrected chi connectivity index (χ3v) is 4.17. The number of aliphatic hydroxyl groups is 1. The molecule has 0 saturated carbocycles. The summed E-state index contributed by atoms with van der Waals surface area (Å²) in [4.78, 5) is 15.4. The van der Waals surface area contributed by atoms with Gasteiger partial charge in [0, 0.05) is 33.2 Å². The fourth-order valence-electron chi connectivity index (χ4n) is 2.77. The van der Waals surface area contributed by atoms with Crippen molar-refractivity contribution in [2.24, 2.45) is 0 Å². The maximum Gasteiger partial charge on any atom is 0.317 e. The second-order valence-electron chi connectivity index (χ2n) is 6.08. The van der Waals surface area contributed by atoms with Gasteiger partial charge in [-0.15, -0.1) is 0 Å². The zero-order chi connectivity index (χ0) is 16.8. The van der Waals surface area contributed by atoms with E-state index in [1.54, 1.807) is 18.0 Å². The van der Waals surface area contributed by atoms with Crippen LogP contribution in [0.4, 0.5) is 14.9 Å². The summed E-state index contributed by atoms with van der Waals surface area (Å²) in [5.41, 5.74) is 1.30. The summed E-state index contributed by atoms with van der Waals surface area (Å²) in [5.74, 6) is -0.282. The number of rotatable bonds is 5. The van der Waals surface area contributed by atoms with E-state index in [1.807, 2.05) is 17.9 Å². The molecule has 0 spiro atoms. The van der Waals surface area contributed by atoms with Crippen molar-refractivity contribution in [1.82, 2.24) is 10.2 Å². The molecule has 0 aliphatic carbocycles. The lowest BCUT2D eigenvalue weighted by Crippen LogP contribution is -2.37. The summed E-state index contributed by atoms with van der Waals surface area (Å²) < 4.78 is 14.3. The van der Waals surface area contributed by atoms with E-state index in [0.717, 1.165) is 12.0 Å². The van der Waals surface area contributed by atoms with Gasteiger partial charge in [0.2, 0.25) is 0 Å². The maximum absolute atomic E-state index is 14.3. The van der Waals surface area contributed by atoms with Gasteiger partial charge in [0.25, 0.3) is 0 Å². The summed E-state index contributed by atoms with van der Waals surface area (Å²) >= 11 is 0. The third-order valence-electron chi connectivity index (χ3n) is 4.17. The Kier molecular flexibility index (Phi) is 6.21. The molecule has 1 aromatic rings. The zero-order valence-corrected chi connectivity index (χ0v) is 13.9. The normalized spacial score (nSPS) is 15.6. The summed E-state index contributed by atoms with van der Waals surface area (Å²) in [6.45, 7) is 4.34. The number of halogens is 1. The molecule has 1 saturated heterocycles. The number of urea groups is 1. The molecule has 1 aromatic carbocycles. The van der Waals surface area contributed by atoms with E-state index in [9.17, 15) is 14.3 Å². The summed E-state index contributed by atoms with van der Waals surface area (Å²) in [6.07, 6.45) is 1.96. The Bertz CT molecular complexity index is 531. The molecule has 2 N–H and O–H groups in total. The van der Waals surface area contributed by atoms with Crippen molar-refractivity contribution in [3.63, 3.8) is 0 Å². The van der Waals surface area contributed by atoms with E-state index >= 15 is 0 Å². The minimum absolute atomic E-state index is 0.152. The lowest BCUT2D eigenvalue weighted by molar-refractivity contribution is 0.145. The minimum atomic E-state index is -0.282. The van der Waals surface area contributed by atoms with Gasteiger partial charge in [-0.3, -0.25) is 0 Å². The highest BCUT2D eigenvalue weighted by molar-refractivity contribution is 5.73. The van der Waals surface area contributed by atoms with E-state index in [1.165, 1.54) is 6.07 Å². The first-order valence-corrected chi connectivity index (χ1v) is 8.21. The van der Waals surface area contributed by atoms with E-state index in [0.29, 0.717) is 44.7 Å². The van der Waals surface area contributed by atoms with Gasteiger partial charge >= 0.3 is 6.03 Å². The van der Waals surface area contributed by atoms with Gasteiger partial charge in [-0.2, -0.15) is 0 Å². The number of nitrogens with zero attached hydrogens (tertiary/aromatic N) is 2. The van der Waals surface area contributed by atoms with Gasteiger partial charge in [-0.1, -0.05) is 13.0 Å². The molecule has 128 valence electrons. The standard InChI is InChI=1S/C17H26FN3O2/c1-3-8-20(2)17(23)19-12-13-4-5-16(15(18)11-13)21-9-6-14(22)7-10-21/h4-5,11,14,22H,3,6-10,12H2,1-2H3,(H,19,23). The SMILES string of the molecule is CCCN(C)C(=O)NCc1ccc(N2CCC(O)CC2)c(F)c1. The zero-order valence-electron chi connectivity index (χ0n) is 13.9. The number of anilines is 1. The van der Waals surface area contributed by atoms with Crippen LogP contribution in [0.15, 0.2) is 18.2 Å². The molecular weight excluding hydrogens is 297 g/mol. The fourth-order valence-corrected chi connectivity index (χ4v) is 2.77. The second kappa shape index (κ2) is 8.15. The number of nitrogens with one attached hydrogen (secondary N) is 1. The first-order chi connectivity index (χ1) is 11.0. The van der Waals surface area contributed by atoms with Gasteiger partial charge in [-0.25, -0.2) is 9.18 Å². The number of amides is 2. The Morgan fingerprint density at radius 3 is 2.74 bits per heavy atom. The van der Waals surface area contributed by atoms with E-state index in [2.05, 4.69) is 5.32 Å². The first-order valence-electron chi connectivity index (χ1n) is 8.21. The van der Waals surface area contributed by atoms with Gasteiger partial charge in [-0.05, 0) is 37.0 Å². The molecule has 2 rings (SSSR count). The number of hydrogen-bond acceptors (Lipinski definition) is 3. The molecule has 5 nitrogen and oxygen atoms in total. The molecule has 6 heteroatoms. The first kappa shape index (κ1) is 17.5. The fraction of sp³-hybridized carbons (Fsp3) is 0.588. The van der Waals surface area contributed by atoms with Crippen LogP contribution in [0.3, 0.4) is 0 Å². The van der Waals surface area contributed by atoms with Crippen molar-refractivity contribution in [3.8, 4) is 0 Å². The summed E-state index contributed by atoms with van der Waals surface area (Å²) in [6, 6.07) is 4.91. The number of carbonyl (C=O) groups excluding carboxylic acids is 1. The highest BCUT2D eigenvalue weighted by Gasteiger charge is 2.19. The quantitative estimate of drug-likeness (QED) is 0.874. The average molecular weight is 323 g/mol. The van der Waals surface area contributed by atoms with Crippen molar-refractivity contribution < 1.29 is 14.3 Å². The molecule has 2 amide bonds. The van der Waals surface area contributed by atoms with Crippen LogP contribution in [0.1, 0.15) is 31.7 Å². The van der Waals surface area contributed by atoms with Gasteiger partial charge < -0.3 is 20.2 Å². The lowest BCUT2D eigenvalue weighted by atomic mass is 10.1. The van der Waals surface area contributed by atoms with Gasteiger partial charge in [0.05, 0.1) is 11.8 Å². The number of hydrogen-bond donors (Lipinski definition) is 2. The number of benzene rings is 1. The smallest absolute Gasteiger partial charge is 0.317 e. The Morgan fingerprint density at radius 1 is 1.43 bits per heavy atom. The Hall–Kier alpha value is -1.82. The van der Waals surface area contributed by atoms with Crippen LogP contribution >= 0.6 is 0 Å².